The summed E-state index contributed by atoms with van der Waals surface area (Å²) in [5.41, 5.74) is 7.48. The van der Waals surface area contributed by atoms with Crippen molar-refractivity contribution in [3.05, 3.63) is 35.6 Å². The summed E-state index contributed by atoms with van der Waals surface area (Å²) in [6.45, 7) is 2.73. The number of unbranched alkanes of at least 4 members (excludes halogenated alkanes) is 1. The third kappa shape index (κ3) is 2.26. The molecule has 2 N–H and O–H groups in total. The molecule has 0 atom stereocenters. The molecule has 0 bridgehead atoms. The van der Waals surface area contributed by atoms with Crippen molar-refractivity contribution in [2.75, 3.05) is 6.54 Å². The van der Waals surface area contributed by atoms with Gasteiger partial charge in [0.05, 0.1) is 0 Å². The molecule has 2 nitrogen and oxygen atoms in total. The molecule has 0 aliphatic carbocycles. The maximum Gasteiger partial charge on any atom is 0.178 e. The fourth-order valence-corrected chi connectivity index (χ4v) is 1.61. The van der Waals surface area contributed by atoms with Gasteiger partial charge in [-0.25, -0.2) is 0 Å². The van der Waals surface area contributed by atoms with Gasteiger partial charge in [-0.3, -0.25) is 0 Å². The van der Waals surface area contributed by atoms with Crippen LogP contribution in [0.2, 0.25) is 0 Å². The molecule has 2 rings (SSSR count). The third-order valence-corrected chi connectivity index (χ3v) is 2.46. The summed E-state index contributed by atoms with van der Waals surface area (Å²) < 4.78 is 5.67. The van der Waals surface area contributed by atoms with Crippen molar-refractivity contribution < 1.29 is 4.42 Å². The van der Waals surface area contributed by atoms with Gasteiger partial charge >= 0.3 is 0 Å². The predicted molar refractivity (Wildman–Crippen MR) is 66.1 cm³/mol. The molecule has 0 saturated carbocycles. The molecule has 1 aromatic carbocycles. The Balaban J connectivity index is 2.25. The van der Waals surface area contributed by atoms with E-state index in [1.807, 2.05) is 31.2 Å². The number of para-hydroxylation sites is 1. The van der Waals surface area contributed by atoms with E-state index in [1.54, 1.807) is 0 Å². The van der Waals surface area contributed by atoms with Crippen molar-refractivity contribution in [2.45, 2.75) is 19.8 Å². The highest BCUT2D eigenvalue weighted by atomic mass is 16.3. The topological polar surface area (TPSA) is 39.2 Å². The number of furan rings is 1. The van der Waals surface area contributed by atoms with Crippen LogP contribution in [0.15, 0.2) is 28.7 Å². The Kier molecular flexibility index (Phi) is 3.28. The SMILES string of the molecule is Cc1cccc2cc(C#CCCCN)oc12. The Labute approximate surface area is 95.4 Å². The molecule has 0 aliphatic heterocycles. The molecule has 0 spiro atoms. The van der Waals surface area contributed by atoms with Crippen LogP contribution in [0.5, 0.6) is 0 Å². The zero-order valence-corrected chi connectivity index (χ0v) is 9.42. The summed E-state index contributed by atoms with van der Waals surface area (Å²) in [5, 5.41) is 1.11. The minimum Gasteiger partial charge on any atom is -0.447 e. The Bertz CT molecular complexity index is 543. The fraction of sp³-hybridized carbons (Fsp3) is 0.286. The minimum atomic E-state index is 0.688. The molecule has 0 amide bonds. The molecule has 0 fully saturated rings. The first kappa shape index (κ1) is 10.8. The predicted octanol–water partition coefficient (Wildman–Crippen LogP) is 2.83. The quantitative estimate of drug-likeness (QED) is 0.615. The second kappa shape index (κ2) is 4.87. The summed E-state index contributed by atoms with van der Waals surface area (Å²) in [7, 11) is 0. The molecule has 16 heavy (non-hydrogen) atoms. The zero-order chi connectivity index (χ0) is 11.4. The van der Waals surface area contributed by atoms with E-state index in [0.29, 0.717) is 6.54 Å². The van der Waals surface area contributed by atoms with Gasteiger partial charge in [-0.15, -0.1) is 0 Å². The van der Waals surface area contributed by atoms with Crippen molar-refractivity contribution in [2.24, 2.45) is 5.73 Å². The lowest BCUT2D eigenvalue weighted by Crippen LogP contribution is -1.96. The Morgan fingerprint density at radius 3 is 3.00 bits per heavy atom. The Hall–Kier alpha value is -1.72. The zero-order valence-electron chi connectivity index (χ0n) is 9.42. The van der Waals surface area contributed by atoms with Gasteiger partial charge < -0.3 is 10.2 Å². The second-order valence-corrected chi connectivity index (χ2v) is 3.80. The first-order valence-corrected chi connectivity index (χ1v) is 5.49. The largest absolute Gasteiger partial charge is 0.447 e. The van der Waals surface area contributed by atoms with Crippen LogP contribution in [0.1, 0.15) is 24.2 Å². The van der Waals surface area contributed by atoms with Gasteiger partial charge in [0.15, 0.2) is 5.76 Å². The molecule has 1 aromatic heterocycles. The van der Waals surface area contributed by atoms with Crippen molar-refractivity contribution in [3.63, 3.8) is 0 Å². The lowest BCUT2D eigenvalue weighted by Gasteiger charge is -1.90. The minimum absolute atomic E-state index is 0.688. The Morgan fingerprint density at radius 1 is 1.38 bits per heavy atom. The van der Waals surface area contributed by atoms with Gasteiger partial charge in [0.2, 0.25) is 0 Å². The Morgan fingerprint density at radius 2 is 2.25 bits per heavy atom. The van der Waals surface area contributed by atoms with Gasteiger partial charge in [0.1, 0.15) is 5.58 Å². The molecule has 82 valence electrons. The standard InChI is InChI=1S/C14H15NO/c1-11-6-5-7-12-10-13(16-14(11)12)8-3-2-4-9-15/h5-7,10H,2,4,9,15H2,1H3. The average molecular weight is 213 g/mol. The van der Waals surface area contributed by atoms with Gasteiger partial charge in [-0.05, 0) is 31.4 Å². The maximum absolute atomic E-state index is 5.67. The molecule has 0 aliphatic rings. The van der Waals surface area contributed by atoms with E-state index < -0.39 is 0 Å². The van der Waals surface area contributed by atoms with Gasteiger partial charge in [0, 0.05) is 17.9 Å². The molecule has 2 heteroatoms. The van der Waals surface area contributed by atoms with Gasteiger partial charge in [-0.2, -0.15) is 0 Å². The highest BCUT2D eigenvalue weighted by molar-refractivity contribution is 5.81. The van der Waals surface area contributed by atoms with E-state index in [4.69, 9.17) is 10.2 Å². The van der Waals surface area contributed by atoms with Crippen LogP contribution in [-0.2, 0) is 0 Å². The molecule has 0 saturated heterocycles. The van der Waals surface area contributed by atoms with E-state index >= 15 is 0 Å². The van der Waals surface area contributed by atoms with Crippen LogP contribution in [0.4, 0.5) is 0 Å². The van der Waals surface area contributed by atoms with Crippen LogP contribution in [0, 0.1) is 18.8 Å². The number of fused-ring (bicyclic) bond motifs is 1. The highest BCUT2D eigenvalue weighted by Crippen LogP contribution is 2.21. The van der Waals surface area contributed by atoms with Crippen LogP contribution >= 0.6 is 0 Å². The lowest BCUT2D eigenvalue weighted by atomic mass is 10.2. The van der Waals surface area contributed by atoms with E-state index in [-0.39, 0.29) is 0 Å². The number of benzene rings is 1. The summed E-state index contributed by atoms with van der Waals surface area (Å²) in [4.78, 5) is 0. The smallest absolute Gasteiger partial charge is 0.178 e. The van der Waals surface area contributed by atoms with Crippen molar-refractivity contribution in [1.82, 2.24) is 0 Å². The number of rotatable bonds is 2. The highest BCUT2D eigenvalue weighted by Gasteiger charge is 2.02. The summed E-state index contributed by atoms with van der Waals surface area (Å²) in [6, 6.07) is 8.09. The molecule has 0 radical (unpaired) electrons. The van der Waals surface area contributed by atoms with Crippen molar-refractivity contribution >= 4 is 11.0 Å². The van der Waals surface area contributed by atoms with Crippen molar-refractivity contribution in [3.8, 4) is 11.8 Å². The third-order valence-electron chi connectivity index (χ3n) is 2.46. The lowest BCUT2D eigenvalue weighted by molar-refractivity contribution is 0.598. The molecular weight excluding hydrogens is 198 g/mol. The molecule has 2 aromatic rings. The first-order valence-electron chi connectivity index (χ1n) is 5.49. The van der Waals surface area contributed by atoms with Gasteiger partial charge in [-0.1, -0.05) is 24.1 Å². The number of aryl methyl sites for hydroxylation is 1. The van der Waals surface area contributed by atoms with Crippen LogP contribution < -0.4 is 5.73 Å². The van der Waals surface area contributed by atoms with E-state index in [2.05, 4.69) is 11.8 Å². The van der Waals surface area contributed by atoms with Crippen molar-refractivity contribution in [1.29, 1.82) is 0 Å². The fourth-order valence-electron chi connectivity index (χ4n) is 1.61. The summed E-state index contributed by atoms with van der Waals surface area (Å²) in [6.07, 6.45) is 1.76. The first-order chi connectivity index (χ1) is 7.81. The monoisotopic (exact) mass is 213 g/mol. The van der Waals surface area contributed by atoms with Gasteiger partial charge in [0.25, 0.3) is 0 Å². The number of hydrogen-bond donors (Lipinski definition) is 1. The molecule has 1 heterocycles. The molecule has 0 unspecified atom stereocenters. The van der Waals surface area contributed by atoms with Crippen LogP contribution in [-0.4, -0.2) is 6.54 Å². The van der Waals surface area contributed by atoms with E-state index in [0.717, 1.165) is 35.1 Å². The average Bonchev–Trinajstić information content (AvgIpc) is 2.69. The second-order valence-electron chi connectivity index (χ2n) is 3.80. The normalized spacial score (nSPS) is 10.1. The number of hydrogen-bond acceptors (Lipinski definition) is 2. The summed E-state index contributed by atoms with van der Waals surface area (Å²) in [5.74, 6) is 6.82. The summed E-state index contributed by atoms with van der Waals surface area (Å²) >= 11 is 0. The number of nitrogens with two attached hydrogens (primary N) is 1. The van der Waals surface area contributed by atoms with Crippen LogP contribution in [0.25, 0.3) is 11.0 Å². The molecular formula is C14H15NO. The van der Waals surface area contributed by atoms with E-state index in [1.165, 1.54) is 0 Å². The maximum atomic E-state index is 5.67. The van der Waals surface area contributed by atoms with Crippen LogP contribution in [0.3, 0.4) is 0 Å². The van der Waals surface area contributed by atoms with E-state index in [9.17, 15) is 0 Å².